The van der Waals surface area contributed by atoms with Crippen LogP contribution in [0.1, 0.15) is 5.56 Å². The number of nitro benzene ring substituents is 1. The number of amidine groups is 1. The van der Waals surface area contributed by atoms with Crippen LogP contribution in [-0.4, -0.2) is 16.0 Å². The number of aliphatic imine (C=N–C) groups is 1. The number of nitrogens with zero attached hydrogens (tertiary/aromatic N) is 2. The number of hydrogen-bond acceptors (Lipinski definition) is 5. The molecular formula is C16H11N3O3S. The first-order valence-corrected chi connectivity index (χ1v) is 7.52. The van der Waals surface area contributed by atoms with Gasteiger partial charge in [0.1, 0.15) is 0 Å². The molecule has 1 heterocycles. The Morgan fingerprint density at radius 3 is 2.65 bits per heavy atom. The summed E-state index contributed by atoms with van der Waals surface area (Å²) in [4.78, 5) is 27.1. The lowest BCUT2D eigenvalue weighted by atomic mass is 10.2. The summed E-state index contributed by atoms with van der Waals surface area (Å²) >= 11 is 1.20. The van der Waals surface area contributed by atoms with E-state index in [-0.39, 0.29) is 11.6 Å². The van der Waals surface area contributed by atoms with E-state index in [0.29, 0.717) is 15.6 Å². The number of nitrogens with one attached hydrogen (secondary N) is 1. The van der Waals surface area contributed by atoms with E-state index >= 15 is 0 Å². The summed E-state index contributed by atoms with van der Waals surface area (Å²) < 4.78 is 0. The summed E-state index contributed by atoms with van der Waals surface area (Å²) in [6.45, 7) is 0. The van der Waals surface area contributed by atoms with Crippen LogP contribution in [0.4, 0.5) is 11.4 Å². The minimum Gasteiger partial charge on any atom is -0.300 e. The molecule has 0 radical (unpaired) electrons. The van der Waals surface area contributed by atoms with Crippen molar-refractivity contribution in [2.45, 2.75) is 0 Å². The van der Waals surface area contributed by atoms with Crippen LogP contribution < -0.4 is 5.32 Å². The molecule has 114 valence electrons. The molecule has 1 aliphatic heterocycles. The number of hydrogen-bond donors (Lipinski definition) is 1. The Morgan fingerprint density at radius 2 is 1.91 bits per heavy atom. The molecule has 0 aliphatic carbocycles. The third-order valence-electron chi connectivity index (χ3n) is 3.02. The predicted molar refractivity (Wildman–Crippen MR) is 90.3 cm³/mol. The largest absolute Gasteiger partial charge is 0.300 e. The van der Waals surface area contributed by atoms with Gasteiger partial charge in [0.15, 0.2) is 5.17 Å². The SMILES string of the molecule is O=C1NC(=Nc2ccccc2)SC1=Cc1cccc([N+](=O)[O-])c1. The number of nitro groups is 1. The van der Waals surface area contributed by atoms with Crippen molar-refractivity contribution in [3.63, 3.8) is 0 Å². The summed E-state index contributed by atoms with van der Waals surface area (Å²) in [5.41, 5.74) is 1.32. The Kier molecular flexibility index (Phi) is 4.20. The molecule has 1 N–H and O–H groups in total. The van der Waals surface area contributed by atoms with E-state index in [1.54, 1.807) is 18.2 Å². The van der Waals surface area contributed by atoms with Crippen LogP contribution in [0, 0.1) is 10.1 Å². The molecule has 7 heteroatoms. The molecular weight excluding hydrogens is 314 g/mol. The van der Waals surface area contributed by atoms with E-state index < -0.39 is 4.92 Å². The fourth-order valence-corrected chi connectivity index (χ4v) is 2.82. The van der Waals surface area contributed by atoms with Gasteiger partial charge in [-0.05, 0) is 35.5 Å². The monoisotopic (exact) mass is 325 g/mol. The smallest absolute Gasteiger partial charge is 0.270 e. The van der Waals surface area contributed by atoms with Crippen LogP contribution in [0.2, 0.25) is 0 Å². The summed E-state index contributed by atoms with van der Waals surface area (Å²) in [6.07, 6.45) is 1.61. The van der Waals surface area contributed by atoms with Crippen molar-refractivity contribution in [1.82, 2.24) is 5.32 Å². The average molecular weight is 325 g/mol. The topological polar surface area (TPSA) is 84.6 Å². The van der Waals surface area contributed by atoms with E-state index in [2.05, 4.69) is 10.3 Å². The maximum Gasteiger partial charge on any atom is 0.270 e. The van der Waals surface area contributed by atoms with Crippen molar-refractivity contribution < 1.29 is 9.72 Å². The summed E-state index contributed by atoms with van der Waals surface area (Å²) in [5.74, 6) is -0.267. The maximum atomic E-state index is 12.0. The molecule has 1 saturated heterocycles. The van der Waals surface area contributed by atoms with Gasteiger partial charge in [0, 0.05) is 12.1 Å². The number of amides is 1. The fourth-order valence-electron chi connectivity index (χ4n) is 1.98. The molecule has 1 aliphatic rings. The molecule has 1 fully saturated rings. The highest BCUT2D eigenvalue weighted by Crippen LogP contribution is 2.28. The Morgan fingerprint density at radius 1 is 1.13 bits per heavy atom. The van der Waals surface area contributed by atoms with Crippen LogP contribution in [0.15, 0.2) is 64.5 Å². The van der Waals surface area contributed by atoms with E-state index in [9.17, 15) is 14.9 Å². The third-order valence-corrected chi connectivity index (χ3v) is 3.93. The Labute approximate surface area is 136 Å². The molecule has 0 saturated carbocycles. The summed E-state index contributed by atoms with van der Waals surface area (Å²) in [6, 6.07) is 15.4. The van der Waals surface area contributed by atoms with Crippen LogP contribution >= 0.6 is 11.8 Å². The van der Waals surface area contributed by atoms with Crippen molar-refractivity contribution in [1.29, 1.82) is 0 Å². The first kappa shape index (κ1) is 15.0. The zero-order chi connectivity index (χ0) is 16.2. The lowest BCUT2D eigenvalue weighted by Gasteiger charge is -1.96. The van der Waals surface area contributed by atoms with Crippen molar-refractivity contribution in [3.05, 3.63) is 75.2 Å². The second-order valence-corrected chi connectivity index (χ2v) is 5.70. The maximum absolute atomic E-state index is 12.0. The zero-order valence-electron chi connectivity index (χ0n) is 11.8. The van der Waals surface area contributed by atoms with Crippen LogP contribution in [0.5, 0.6) is 0 Å². The number of benzene rings is 2. The lowest BCUT2D eigenvalue weighted by molar-refractivity contribution is -0.384. The van der Waals surface area contributed by atoms with Gasteiger partial charge in [0.05, 0.1) is 15.5 Å². The highest BCUT2D eigenvalue weighted by Gasteiger charge is 2.23. The van der Waals surface area contributed by atoms with E-state index in [1.165, 1.54) is 23.9 Å². The Bertz CT molecular complexity index is 831. The van der Waals surface area contributed by atoms with Crippen molar-refractivity contribution in [3.8, 4) is 0 Å². The van der Waals surface area contributed by atoms with Gasteiger partial charge < -0.3 is 5.32 Å². The van der Waals surface area contributed by atoms with Gasteiger partial charge in [0.2, 0.25) is 0 Å². The molecule has 0 atom stereocenters. The minimum absolute atomic E-state index is 0.0130. The Hall–Kier alpha value is -2.93. The molecule has 3 rings (SSSR count). The highest BCUT2D eigenvalue weighted by molar-refractivity contribution is 8.18. The van der Waals surface area contributed by atoms with Gasteiger partial charge >= 0.3 is 0 Å². The zero-order valence-corrected chi connectivity index (χ0v) is 12.6. The molecule has 0 spiro atoms. The van der Waals surface area contributed by atoms with Gasteiger partial charge in [-0.25, -0.2) is 4.99 Å². The number of carbonyl (C=O) groups excluding carboxylic acids is 1. The molecule has 6 nitrogen and oxygen atoms in total. The average Bonchev–Trinajstić information content (AvgIpc) is 2.88. The second kappa shape index (κ2) is 6.45. The molecule has 2 aromatic rings. The van der Waals surface area contributed by atoms with E-state index in [4.69, 9.17) is 0 Å². The summed E-state index contributed by atoms with van der Waals surface area (Å²) in [7, 11) is 0. The fraction of sp³-hybridized carbons (Fsp3) is 0. The van der Waals surface area contributed by atoms with Crippen LogP contribution in [-0.2, 0) is 4.79 Å². The first-order valence-electron chi connectivity index (χ1n) is 6.71. The Balaban J connectivity index is 1.84. The predicted octanol–water partition coefficient (Wildman–Crippen LogP) is 3.49. The second-order valence-electron chi connectivity index (χ2n) is 4.67. The number of rotatable bonds is 3. The van der Waals surface area contributed by atoms with E-state index in [0.717, 1.165) is 5.69 Å². The first-order chi connectivity index (χ1) is 11.1. The van der Waals surface area contributed by atoms with Gasteiger partial charge in [0.25, 0.3) is 11.6 Å². The number of para-hydroxylation sites is 1. The molecule has 0 aromatic heterocycles. The summed E-state index contributed by atoms with van der Waals surface area (Å²) in [5, 5.41) is 14.0. The van der Waals surface area contributed by atoms with Gasteiger partial charge in [-0.2, -0.15) is 0 Å². The van der Waals surface area contributed by atoms with Crippen molar-refractivity contribution in [2.75, 3.05) is 0 Å². The van der Waals surface area contributed by atoms with Crippen LogP contribution in [0.3, 0.4) is 0 Å². The molecule has 2 aromatic carbocycles. The van der Waals surface area contributed by atoms with Crippen molar-refractivity contribution >= 4 is 40.3 Å². The molecule has 0 bridgehead atoms. The van der Waals surface area contributed by atoms with Gasteiger partial charge in [-0.15, -0.1) is 0 Å². The molecule has 0 unspecified atom stereocenters. The number of non-ortho nitro benzene ring substituents is 1. The normalized spacial score (nSPS) is 17.5. The van der Waals surface area contributed by atoms with Crippen LogP contribution in [0.25, 0.3) is 6.08 Å². The van der Waals surface area contributed by atoms with Gasteiger partial charge in [-0.1, -0.05) is 30.3 Å². The molecule has 23 heavy (non-hydrogen) atoms. The van der Waals surface area contributed by atoms with E-state index in [1.807, 2.05) is 30.3 Å². The third kappa shape index (κ3) is 3.64. The molecule has 1 amide bonds. The van der Waals surface area contributed by atoms with Crippen molar-refractivity contribution in [2.24, 2.45) is 4.99 Å². The lowest BCUT2D eigenvalue weighted by Crippen LogP contribution is -2.19. The quantitative estimate of drug-likeness (QED) is 0.532. The standard InChI is InChI=1S/C16H11N3O3S/c20-15-14(10-11-5-4-8-13(9-11)19(21)22)23-16(18-15)17-12-6-2-1-3-7-12/h1-10H,(H,17,18,20). The highest BCUT2D eigenvalue weighted by atomic mass is 32.2. The number of thioether (sulfide) groups is 1. The van der Waals surface area contributed by atoms with Gasteiger partial charge in [-0.3, -0.25) is 14.9 Å². The minimum atomic E-state index is -0.466. The number of carbonyl (C=O) groups is 1.